The zero-order chi connectivity index (χ0) is 12.7. The molecule has 17 heavy (non-hydrogen) atoms. The summed E-state index contributed by atoms with van der Waals surface area (Å²) in [7, 11) is 0. The molecule has 0 aromatic heterocycles. The predicted octanol–water partition coefficient (Wildman–Crippen LogP) is 2.55. The Hall–Kier alpha value is -0.120. The highest BCUT2D eigenvalue weighted by Gasteiger charge is 2.44. The van der Waals surface area contributed by atoms with Crippen LogP contribution in [-0.4, -0.2) is 50.5 Å². The Balaban J connectivity index is 0.000000686. The molecule has 0 bridgehead atoms. The fourth-order valence-corrected chi connectivity index (χ4v) is 2.10. The van der Waals surface area contributed by atoms with E-state index in [1.165, 1.54) is 19.4 Å². The van der Waals surface area contributed by atoms with E-state index in [-0.39, 0.29) is 0 Å². The molecule has 2 aliphatic rings. The second kappa shape index (κ2) is 7.34. The molecule has 1 saturated carbocycles. The Labute approximate surface area is 106 Å². The van der Waals surface area contributed by atoms with Crippen molar-refractivity contribution in [2.45, 2.75) is 46.6 Å². The van der Waals surface area contributed by atoms with Crippen molar-refractivity contribution in [1.29, 1.82) is 0 Å². The van der Waals surface area contributed by atoms with E-state index in [1.807, 2.05) is 13.8 Å². The first-order valence-corrected chi connectivity index (χ1v) is 7.12. The number of morpholine rings is 1. The van der Waals surface area contributed by atoms with E-state index < -0.39 is 0 Å². The highest BCUT2D eigenvalue weighted by atomic mass is 16.5. The van der Waals surface area contributed by atoms with Crippen molar-refractivity contribution in [2.75, 3.05) is 39.5 Å². The molecule has 0 radical (unpaired) electrons. The van der Waals surface area contributed by atoms with Crippen molar-refractivity contribution in [3.63, 3.8) is 0 Å². The van der Waals surface area contributed by atoms with Gasteiger partial charge in [0, 0.05) is 25.0 Å². The summed E-state index contributed by atoms with van der Waals surface area (Å²) in [5, 5.41) is 0. The van der Waals surface area contributed by atoms with Gasteiger partial charge in [-0.05, 0) is 26.7 Å². The standard InChI is InChI=1S/C12H23NO2.C2H6/c1-11(2)15-10-12(3-4-12)9-13-5-7-14-8-6-13;1-2/h11H,3-10H2,1-2H3;1-2H3. The number of nitrogens with zero attached hydrogens (tertiary/aromatic N) is 1. The van der Waals surface area contributed by atoms with Crippen molar-refractivity contribution >= 4 is 0 Å². The van der Waals surface area contributed by atoms with Gasteiger partial charge in [-0.3, -0.25) is 4.90 Å². The van der Waals surface area contributed by atoms with Crippen LogP contribution in [0, 0.1) is 5.41 Å². The van der Waals surface area contributed by atoms with Crippen molar-refractivity contribution in [1.82, 2.24) is 4.90 Å². The molecule has 1 saturated heterocycles. The van der Waals surface area contributed by atoms with Gasteiger partial charge in [0.1, 0.15) is 0 Å². The van der Waals surface area contributed by atoms with Gasteiger partial charge in [-0.1, -0.05) is 13.8 Å². The van der Waals surface area contributed by atoms with E-state index in [1.54, 1.807) is 0 Å². The van der Waals surface area contributed by atoms with Crippen LogP contribution in [0.15, 0.2) is 0 Å². The fourth-order valence-electron chi connectivity index (χ4n) is 2.10. The predicted molar refractivity (Wildman–Crippen MR) is 71.4 cm³/mol. The molecule has 0 spiro atoms. The van der Waals surface area contributed by atoms with Gasteiger partial charge in [0.2, 0.25) is 0 Å². The number of rotatable bonds is 5. The lowest BCUT2D eigenvalue weighted by Gasteiger charge is -2.30. The SMILES string of the molecule is CC.CC(C)OCC1(CN2CCOCC2)CC1. The summed E-state index contributed by atoms with van der Waals surface area (Å²) >= 11 is 0. The van der Waals surface area contributed by atoms with E-state index in [9.17, 15) is 0 Å². The van der Waals surface area contributed by atoms with E-state index in [0.29, 0.717) is 11.5 Å². The van der Waals surface area contributed by atoms with Crippen LogP contribution in [0.2, 0.25) is 0 Å². The molecule has 3 heteroatoms. The lowest BCUT2D eigenvalue weighted by Crippen LogP contribution is -2.41. The summed E-state index contributed by atoms with van der Waals surface area (Å²) in [5.74, 6) is 0. The average Bonchev–Trinajstić information content (AvgIpc) is 3.11. The topological polar surface area (TPSA) is 21.7 Å². The smallest absolute Gasteiger partial charge is 0.0594 e. The van der Waals surface area contributed by atoms with Crippen LogP contribution in [0.3, 0.4) is 0 Å². The zero-order valence-corrected chi connectivity index (χ0v) is 12.0. The molecule has 0 amide bonds. The molecule has 0 N–H and O–H groups in total. The molecule has 1 aliphatic carbocycles. The van der Waals surface area contributed by atoms with Crippen molar-refractivity contribution in [3.8, 4) is 0 Å². The molecule has 0 unspecified atom stereocenters. The van der Waals surface area contributed by atoms with Gasteiger partial charge in [0.15, 0.2) is 0 Å². The Bertz CT molecular complexity index is 196. The highest BCUT2D eigenvalue weighted by Crippen LogP contribution is 2.46. The van der Waals surface area contributed by atoms with Gasteiger partial charge in [0.05, 0.1) is 25.9 Å². The van der Waals surface area contributed by atoms with Crippen LogP contribution in [0.5, 0.6) is 0 Å². The molecule has 1 aliphatic heterocycles. The summed E-state index contributed by atoms with van der Waals surface area (Å²) in [6.07, 6.45) is 3.06. The molecule has 1 heterocycles. The summed E-state index contributed by atoms with van der Waals surface area (Å²) in [6, 6.07) is 0. The first-order valence-electron chi connectivity index (χ1n) is 7.12. The maximum Gasteiger partial charge on any atom is 0.0594 e. The lowest BCUT2D eigenvalue weighted by molar-refractivity contribution is 0.000529. The van der Waals surface area contributed by atoms with Gasteiger partial charge in [-0.2, -0.15) is 0 Å². The van der Waals surface area contributed by atoms with Gasteiger partial charge in [0.25, 0.3) is 0 Å². The molecule has 2 rings (SSSR count). The number of hydrogen-bond donors (Lipinski definition) is 0. The van der Waals surface area contributed by atoms with Gasteiger partial charge in [-0.25, -0.2) is 0 Å². The van der Waals surface area contributed by atoms with Crippen LogP contribution in [-0.2, 0) is 9.47 Å². The molecule has 0 aromatic carbocycles. The van der Waals surface area contributed by atoms with Crippen molar-refractivity contribution in [2.24, 2.45) is 5.41 Å². The third kappa shape index (κ3) is 5.36. The number of ether oxygens (including phenoxy) is 2. The van der Waals surface area contributed by atoms with Crippen molar-refractivity contribution in [3.05, 3.63) is 0 Å². The largest absolute Gasteiger partial charge is 0.379 e. The first kappa shape index (κ1) is 14.9. The molecular formula is C14H29NO2. The molecule has 0 aromatic rings. The highest BCUT2D eigenvalue weighted by molar-refractivity contribution is 4.95. The Morgan fingerprint density at radius 3 is 2.24 bits per heavy atom. The average molecular weight is 243 g/mol. The maximum absolute atomic E-state index is 5.75. The van der Waals surface area contributed by atoms with Crippen LogP contribution < -0.4 is 0 Å². The lowest BCUT2D eigenvalue weighted by atomic mass is 10.1. The van der Waals surface area contributed by atoms with Gasteiger partial charge >= 0.3 is 0 Å². The van der Waals surface area contributed by atoms with Crippen molar-refractivity contribution < 1.29 is 9.47 Å². The monoisotopic (exact) mass is 243 g/mol. The summed E-state index contributed by atoms with van der Waals surface area (Å²) in [4.78, 5) is 2.53. The zero-order valence-electron chi connectivity index (χ0n) is 12.0. The van der Waals surface area contributed by atoms with Gasteiger partial charge < -0.3 is 9.47 Å². The van der Waals surface area contributed by atoms with E-state index >= 15 is 0 Å². The third-order valence-corrected chi connectivity index (χ3v) is 3.34. The minimum Gasteiger partial charge on any atom is -0.379 e. The van der Waals surface area contributed by atoms with Gasteiger partial charge in [-0.15, -0.1) is 0 Å². The summed E-state index contributed by atoms with van der Waals surface area (Å²) in [6.45, 7) is 14.4. The quantitative estimate of drug-likeness (QED) is 0.740. The van der Waals surface area contributed by atoms with Crippen LogP contribution >= 0.6 is 0 Å². The summed E-state index contributed by atoms with van der Waals surface area (Å²) < 4.78 is 11.1. The second-order valence-electron chi connectivity index (χ2n) is 5.25. The first-order chi connectivity index (χ1) is 8.20. The molecule has 3 nitrogen and oxygen atoms in total. The Morgan fingerprint density at radius 1 is 1.18 bits per heavy atom. The summed E-state index contributed by atoms with van der Waals surface area (Å²) in [5.41, 5.74) is 0.488. The minimum absolute atomic E-state index is 0.368. The van der Waals surface area contributed by atoms with Crippen LogP contribution in [0.4, 0.5) is 0 Å². The van der Waals surface area contributed by atoms with Crippen LogP contribution in [0.25, 0.3) is 0 Å². The second-order valence-corrected chi connectivity index (χ2v) is 5.25. The minimum atomic E-state index is 0.368. The van der Waals surface area contributed by atoms with E-state index in [4.69, 9.17) is 9.47 Å². The molecular weight excluding hydrogens is 214 g/mol. The molecule has 0 atom stereocenters. The van der Waals surface area contributed by atoms with Crippen LogP contribution in [0.1, 0.15) is 40.5 Å². The Kier molecular flexibility index (Phi) is 6.45. The number of hydrogen-bond acceptors (Lipinski definition) is 3. The van der Waals surface area contributed by atoms with E-state index in [0.717, 1.165) is 32.9 Å². The molecule has 102 valence electrons. The third-order valence-electron chi connectivity index (χ3n) is 3.34. The van der Waals surface area contributed by atoms with E-state index in [2.05, 4.69) is 18.7 Å². The molecule has 2 fully saturated rings. The maximum atomic E-state index is 5.75. The fraction of sp³-hybridized carbons (Fsp3) is 1.00. The normalized spacial score (nSPS) is 23.1. The Morgan fingerprint density at radius 2 is 1.76 bits per heavy atom.